The smallest absolute Gasteiger partial charge is 0.229 e. The molecule has 1 aliphatic heterocycles. The van der Waals surface area contributed by atoms with Crippen LogP contribution in [0, 0.1) is 11.8 Å². The highest BCUT2D eigenvalue weighted by Crippen LogP contribution is 2.40. The van der Waals surface area contributed by atoms with E-state index in [2.05, 4.69) is 29.1 Å². The number of nitrogen functional groups attached to an aromatic ring is 1. The summed E-state index contributed by atoms with van der Waals surface area (Å²) in [7, 11) is 2.24. The highest BCUT2D eigenvalue weighted by molar-refractivity contribution is 7.15. The largest absolute Gasteiger partial charge is 0.374 e. The Labute approximate surface area is 142 Å². The Morgan fingerprint density at radius 1 is 1.39 bits per heavy atom. The van der Waals surface area contributed by atoms with Crippen LogP contribution in [-0.2, 0) is 11.2 Å². The molecule has 3 atom stereocenters. The summed E-state index contributed by atoms with van der Waals surface area (Å²) >= 11 is 1.31. The van der Waals surface area contributed by atoms with Crippen molar-refractivity contribution >= 4 is 22.4 Å². The second kappa shape index (κ2) is 7.13. The van der Waals surface area contributed by atoms with E-state index in [-0.39, 0.29) is 5.91 Å². The summed E-state index contributed by atoms with van der Waals surface area (Å²) in [5, 5.41) is 8.91. The number of likely N-dealkylation sites (tertiary alicyclic amines) is 1. The van der Waals surface area contributed by atoms with Gasteiger partial charge >= 0.3 is 0 Å². The van der Waals surface area contributed by atoms with E-state index in [1.807, 2.05) is 4.90 Å². The molecule has 2 heterocycles. The first kappa shape index (κ1) is 16.6. The summed E-state index contributed by atoms with van der Waals surface area (Å²) in [4.78, 5) is 17.0. The summed E-state index contributed by atoms with van der Waals surface area (Å²) in [6.45, 7) is 5.21. The van der Waals surface area contributed by atoms with Crippen LogP contribution in [-0.4, -0.2) is 58.6 Å². The second-order valence-corrected chi connectivity index (χ2v) is 8.06. The average molecular weight is 337 g/mol. The Bertz CT molecular complexity index is 548. The molecule has 2 aliphatic rings. The van der Waals surface area contributed by atoms with Gasteiger partial charge in [-0.15, -0.1) is 10.2 Å². The van der Waals surface area contributed by atoms with Crippen LogP contribution in [0.4, 0.5) is 5.13 Å². The van der Waals surface area contributed by atoms with Gasteiger partial charge in [0, 0.05) is 19.1 Å². The summed E-state index contributed by atoms with van der Waals surface area (Å²) < 4.78 is 0. The normalized spacial score (nSPS) is 27.4. The van der Waals surface area contributed by atoms with E-state index in [1.165, 1.54) is 37.1 Å². The number of hydrogen-bond donors (Lipinski definition) is 1. The number of nitrogens with zero attached hydrogens (tertiary/aromatic N) is 4. The third-order valence-electron chi connectivity index (χ3n) is 5.38. The Hall–Kier alpha value is -1.21. The average Bonchev–Trinajstić information content (AvgIpc) is 3.12. The monoisotopic (exact) mass is 337 g/mol. The van der Waals surface area contributed by atoms with Gasteiger partial charge < -0.3 is 15.5 Å². The quantitative estimate of drug-likeness (QED) is 0.884. The van der Waals surface area contributed by atoms with Crippen molar-refractivity contribution in [2.45, 2.75) is 45.1 Å². The molecule has 1 aliphatic carbocycles. The molecule has 0 unspecified atom stereocenters. The Kier molecular flexibility index (Phi) is 5.16. The molecule has 1 saturated heterocycles. The molecule has 2 N–H and O–H groups in total. The minimum atomic E-state index is 0.171. The maximum absolute atomic E-state index is 12.5. The molecule has 1 aromatic heterocycles. The summed E-state index contributed by atoms with van der Waals surface area (Å²) in [6, 6.07) is 0.697. The van der Waals surface area contributed by atoms with Crippen LogP contribution < -0.4 is 5.73 Å². The lowest BCUT2D eigenvalue weighted by Crippen LogP contribution is -2.42. The van der Waals surface area contributed by atoms with E-state index >= 15 is 0 Å². The first-order chi connectivity index (χ1) is 11.1. The molecule has 128 valence electrons. The lowest BCUT2D eigenvalue weighted by Gasteiger charge is -2.34. The number of hydrogen-bond acceptors (Lipinski definition) is 6. The van der Waals surface area contributed by atoms with Crippen LogP contribution in [0.2, 0.25) is 0 Å². The fourth-order valence-electron chi connectivity index (χ4n) is 4.15. The minimum Gasteiger partial charge on any atom is -0.374 e. The van der Waals surface area contributed by atoms with Gasteiger partial charge in [-0.2, -0.15) is 0 Å². The Balaban J connectivity index is 1.54. The number of aromatic nitrogens is 2. The number of nitrogens with two attached hydrogens (primary N) is 1. The van der Waals surface area contributed by atoms with Gasteiger partial charge in [0.2, 0.25) is 11.0 Å². The molecule has 0 spiro atoms. The van der Waals surface area contributed by atoms with Gasteiger partial charge in [-0.3, -0.25) is 4.79 Å². The van der Waals surface area contributed by atoms with Gasteiger partial charge in [0.15, 0.2) is 0 Å². The molecule has 1 amide bonds. The van der Waals surface area contributed by atoms with E-state index in [1.54, 1.807) is 0 Å². The predicted molar refractivity (Wildman–Crippen MR) is 92.1 cm³/mol. The van der Waals surface area contributed by atoms with Crippen LogP contribution in [0.25, 0.3) is 0 Å². The van der Waals surface area contributed by atoms with Crippen LogP contribution >= 0.6 is 11.3 Å². The Morgan fingerprint density at radius 3 is 2.87 bits per heavy atom. The van der Waals surface area contributed by atoms with Crippen molar-refractivity contribution in [3.63, 3.8) is 0 Å². The van der Waals surface area contributed by atoms with Gasteiger partial charge in [-0.1, -0.05) is 18.3 Å². The minimum absolute atomic E-state index is 0.171. The lowest BCUT2D eigenvalue weighted by molar-refractivity contribution is -0.132. The van der Waals surface area contributed by atoms with E-state index in [9.17, 15) is 4.79 Å². The van der Waals surface area contributed by atoms with Crippen LogP contribution in [0.5, 0.6) is 0 Å². The van der Waals surface area contributed by atoms with Gasteiger partial charge in [-0.05, 0) is 51.1 Å². The molecule has 3 rings (SSSR count). The van der Waals surface area contributed by atoms with Crippen molar-refractivity contribution in [2.75, 3.05) is 32.4 Å². The van der Waals surface area contributed by atoms with E-state index in [4.69, 9.17) is 5.73 Å². The van der Waals surface area contributed by atoms with Crippen molar-refractivity contribution in [3.05, 3.63) is 5.01 Å². The molecule has 1 saturated carbocycles. The summed E-state index contributed by atoms with van der Waals surface area (Å²) in [6.07, 6.45) is 5.22. The highest BCUT2D eigenvalue weighted by atomic mass is 32.1. The zero-order valence-corrected chi connectivity index (χ0v) is 14.9. The van der Waals surface area contributed by atoms with Crippen molar-refractivity contribution in [1.29, 1.82) is 0 Å². The first-order valence-electron chi connectivity index (χ1n) is 8.62. The number of anilines is 1. The number of fused-ring (bicyclic) bond motifs is 1. The molecule has 7 heteroatoms. The lowest BCUT2D eigenvalue weighted by atomic mass is 9.88. The van der Waals surface area contributed by atoms with Crippen molar-refractivity contribution in [1.82, 2.24) is 20.0 Å². The molecule has 23 heavy (non-hydrogen) atoms. The maximum atomic E-state index is 12.5. The molecule has 6 nitrogen and oxygen atoms in total. The molecule has 0 radical (unpaired) electrons. The SMILES string of the molecule is CCCN(C)[C@H]1C[C@H]2CCN(C(=O)Cc3nnc(N)s3)C[C@H]2C1. The van der Waals surface area contributed by atoms with Gasteiger partial charge in [-0.25, -0.2) is 0 Å². The third kappa shape index (κ3) is 3.83. The predicted octanol–water partition coefficient (Wildman–Crippen LogP) is 1.63. The second-order valence-electron chi connectivity index (χ2n) is 6.97. The fraction of sp³-hybridized carbons (Fsp3) is 0.812. The van der Waals surface area contributed by atoms with Gasteiger partial charge in [0.05, 0.1) is 6.42 Å². The summed E-state index contributed by atoms with van der Waals surface area (Å²) in [5.74, 6) is 1.63. The zero-order chi connectivity index (χ0) is 16.4. The van der Waals surface area contributed by atoms with Gasteiger partial charge in [0.1, 0.15) is 5.01 Å². The molecule has 1 aromatic rings. The Morgan fingerprint density at radius 2 is 2.17 bits per heavy atom. The molecule has 0 aromatic carbocycles. The van der Waals surface area contributed by atoms with Crippen molar-refractivity contribution in [2.24, 2.45) is 11.8 Å². The van der Waals surface area contributed by atoms with E-state index in [0.29, 0.717) is 23.5 Å². The maximum Gasteiger partial charge on any atom is 0.229 e. The number of piperidine rings is 1. The van der Waals surface area contributed by atoms with E-state index in [0.717, 1.165) is 30.4 Å². The van der Waals surface area contributed by atoms with Crippen molar-refractivity contribution in [3.8, 4) is 0 Å². The molecular formula is C16H27N5OS. The first-order valence-corrected chi connectivity index (χ1v) is 9.44. The topological polar surface area (TPSA) is 75.3 Å². The third-order valence-corrected chi connectivity index (χ3v) is 6.13. The van der Waals surface area contributed by atoms with E-state index < -0.39 is 0 Å². The number of rotatable bonds is 5. The molecule has 2 fully saturated rings. The molecular weight excluding hydrogens is 310 g/mol. The van der Waals surface area contributed by atoms with Gasteiger partial charge in [0.25, 0.3) is 0 Å². The standard InChI is InChI=1S/C16H27N5OS/c1-3-5-20(2)13-7-11-4-6-21(10-12(11)8-13)15(22)9-14-18-19-16(17)23-14/h11-13H,3-10H2,1-2H3,(H2,17,19)/t11-,12-,13+/m1/s1. The van der Waals surface area contributed by atoms with Crippen molar-refractivity contribution < 1.29 is 4.79 Å². The fourth-order valence-corrected chi connectivity index (χ4v) is 4.75. The highest BCUT2D eigenvalue weighted by Gasteiger charge is 2.40. The zero-order valence-electron chi connectivity index (χ0n) is 14.1. The summed E-state index contributed by atoms with van der Waals surface area (Å²) in [5.41, 5.74) is 5.59. The van der Waals surface area contributed by atoms with Crippen LogP contribution in [0.1, 0.15) is 37.6 Å². The molecule has 0 bridgehead atoms. The number of amides is 1. The van der Waals surface area contributed by atoms with Crippen LogP contribution in [0.3, 0.4) is 0 Å². The van der Waals surface area contributed by atoms with Crippen LogP contribution in [0.15, 0.2) is 0 Å². The number of carbonyl (C=O) groups excluding carboxylic acids is 1. The number of carbonyl (C=O) groups is 1.